The van der Waals surface area contributed by atoms with Crippen LogP contribution in [0, 0.1) is 0 Å². The predicted molar refractivity (Wildman–Crippen MR) is 95.1 cm³/mol. The minimum Gasteiger partial charge on any atom is -0.486 e. The van der Waals surface area contributed by atoms with Crippen LogP contribution in [0.5, 0.6) is 11.5 Å². The minimum atomic E-state index is -0.192. The van der Waals surface area contributed by atoms with Crippen molar-refractivity contribution in [1.29, 1.82) is 0 Å². The Morgan fingerprint density at radius 1 is 1.31 bits per heavy atom. The summed E-state index contributed by atoms with van der Waals surface area (Å²) in [6, 6.07) is 9.32. The number of nitrogens with zero attached hydrogens (tertiary/aromatic N) is 4. The summed E-state index contributed by atoms with van der Waals surface area (Å²) in [6.45, 7) is 3.00. The average molecular weight is 371 g/mol. The van der Waals surface area contributed by atoms with Gasteiger partial charge in [-0.15, -0.1) is 21.5 Å². The fourth-order valence-electron chi connectivity index (χ4n) is 2.64. The topological polar surface area (TPSA) is 91.2 Å². The van der Waals surface area contributed by atoms with Gasteiger partial charge in [0.1, 0.15) is 19.8 Å². The normalized spacial score (nSPS) is 14.0. The number of nitrogens with one attached hydrogen (secondary N) is 1. The van der Waals surface area contributed by atoms with Crippen LogP contribution in [-0.4, -0.2) is 39.3 Å². The Balaban J connectivity index is 1.38. The first kappa shape index (κ1) is 16.5. The van der Waals surface area contributed by atoms with Gasteiger partial charge in [0.2, 0.25) is 11.7 Å². The van der Waals surface area contributed by atoms with Crippen molar-refractivity contribution in [2.75, 3.05) is 13.2 Å². The molecule has 2 aromatic heterocycles. The minimum absolute atomic E-state index is 0.00721. The van der Waals surface area contributed by atoms with E-state index in [2.05, 4.69) is 20.7 Å². The van der Waals surface area contributed by atoms with Crippen LogP contribution in [0.25, 0.3) is 10.7 Å². The molecule has 0 aliphatic carbocycles. The lowest BCUT2D eigenvalue weighted by Crippen LogP contribution is -2.31. The Kier molecular flexibility index (Phi) is 4.53. The standard InChI is InChI=1S/C17H17N5O3S/c1-11(12-4-5-13-14(9-12)25-7-6-24-13)18-16(23)10-22-20-17(19-21-22)15-3-2-8-26-15/h2-5,8-9,11H,6-7,10H2,1H3,(H,18,23)/t11-/m0/s1. The molecule has 0 spiro atoms. The van der Waals surface area contributed by atoms with Crippen molar-refractivity contribution in [1.82, 2.24) is 25.5 Å². The van der Waals surface area contributed by atoms with E-state index < -0.39 is 0 Å². The Labute approximate surface area is 153 Å². The lowest BCUT2D eigenvalue weighted by atomic mass is 10.1. The van der Waals surface area contributed by atoms with E-state index in [1.54, 1.807) is 0 Å². The van der Waals surface area contributed by atoms with E-state index in [0.29, 0.717) is 24.8 Å². The molecule has 0 bridgehead atoms. The highest BCUT2D eigenvalue weighted by atomic mass is 32.1. The highest BCUT2D eigenvalue weighted by molar-refractivity contribution is 7.13. The molecule has 0 saturated heterocycles. The van der Waals surface area contributed by atoms with Gasteiger partial charge in [0.05, 0.1) is 10.9 Å². The lowest BCUT2D eigenvalue weighted by molar-refractivity contribution is -0.122. The third-order valence-electron chi connectivity index (χ3n) is 3.92. The number of benzene rings is 1. The van der Waals surface area contributed by atoms with Crippen LogP contribution < -0.4 is 14.8 Å². The van der Waals surface area contributed by atoms with Gasteiger partial charge in [-0.3, -0.25) is 4.79 Å². The number of hydrogen-bond donors (Lipinski definition) is 1. The molecule has 9 heteroatoms. The molecule has 26 heavy (non-hydrogen) atoms. The quantitative estimate of drug-likeness (QED) is 0.738. The summed E-state index contributed by atoms with van der Waals surface area (Å²) < 4.78 is 11.1. The summed E-state index contributed by atoms with van der Waals surface area (Å²) in [5.41, 5.74) is 0.938. The van der Waals surface area contributed by atoms with E-state index in [1.807, 2.05) is 42.6 Å². The van der Waals surface area contributed by atoms with E-state index >= 15 is 0 Å². The van der Waals surface area contributed by atoms with E-state index in [4.69, 9.17) is 9.47 Å². The van der Waals surface area contributed by atoms with E-state index in [0.717, 1.165) is 16.2 Å². The van der Waals surface area contributed by atoms with Crippen LogP contribution in [0.1, 0.15) is 18.5 Å². The first-order valence-corrected chi connectivity index (χ1v) is 9.07. The molecule has 3 heterocycles. The molecule has 8 nitrogen and oxygen atoms in total. The van der Waals surface area contributed by atoms with Crippen LogP contribution >= 0.6 is 11.3 Å². The maximum Gasteiger partial charge on any atom is 0.244 e. The molecule has 1 N–H and O–H groups in total. The highest BCUT2D eigenvalue weighted by Gasteiger charge is 2.17. The number of thiophene rings is 1. The second-order valence-electron chi connectivity index (χ2n) is 5.81. The third kappa shape index (κ3) is 3.52. The summed E-state index contributed by atoms with van der Waals surface area (Å²) in [5.74, 6) is 1.76. The number of tetrazole rings is 1. The van der Waals surface area contributed by atoms with Crippen LogP contribution in [-0.2, 0) is 11.3 Å². The van der Waals surface area contributed by atoms with E-state index in [1.165, 1.54) is 16.1 Å². The molecule has 4 rings (SSSR count). The third-order valence-corrected chi connectivity index (χ3v) is 4.79. The molecule has 134 valence electrons. The van der Waals surface area contributed by atoms with Crippen molar-refractivity contribution >= 4 is 17.2 Å². The van der Waals surface area contributed by atoms with Crippen molar-refractivity contribution < 1.29 is 14.3 Å². The molecule has 0 saturated carbocycles. The second-order valence-corrected chi connectivity index (χ2v) is 6.76. The predicted octanol–water partition coefficient (Wildman–Crippen LogP) is 2.05. The van der Waals surface area contributed by atoms with Crippen LogP contribution in [0.3, 0.4) is 0 Å². The number of ether oxygens (including phenoxy) is 2. The summed E-state index contributed by atoms with van der Waals surface area (Å²) in [7, 11) is 0. The molecule has 1 aliphatic heterocycles. The number of hydrogen-bond acceptors (Lipinski definition) is 7. The van der Waals surface area contributed by atoms with E-state index in [9.17, 15) is 4.79 Å². The number of carbonyl (C=O) groups excluding carboxylic acids is 1. The molecule has 1 amide bonds. The monoisotopic (exact) mass is 371 g/mol. The molecule has 1 aromatic carbocycles. The van der Waals surface area contributed by atoms with Gasteiger partial charge in [-0.05, 0) is 41.3 Å². The molecular formula is C17H17N5O3S. The van der Waals surface area contributed by atoms with Gasteiger partial charge in [-0.25, -0.2) is 0 Å². The average Bonchev–Trinajstić information content (AvgIpc) is 3.32. The number of aromatic nitrogens is 4. The Morgan fingerprint density at radius 3 is 2.96 bits per heavy atom. The van der Waals surface area contributed by atoms with Crippen molar-refractivity contribution in [2.45, 2.75) is 19.5 Å². The zero-order chi connectivity index (χ0) is 17.9. The lowest BCUT2D eigenvalue weighted by Gasteiger charge is -2.21. The molecule has 1 atom stereocenters. The number of rotatable bonds is 5. The zero-order valence-corrected chi connectivity index (χ0v) is 14.9. The number of amides is 1. The molecule has 0 radical (unpaired) electrons. The summed E-state index contributed by atoms with van der Waals surface area (Å²) in [6.07, 6.45) is 0. The first-order valence-electron chi connectivity index (χ1n) is 8.19. The molecule has 1 aliphatic rings. The Bertz CT molecular complexity index is 909. The van der Waals surface area contributed by atoms with Gasteiger partial charge < -0.3 is 14.8 Å². The molecule has 0 fully saturated rings. The first-order chi connectivity index (χ1) is 12.7. The smallest absolute Gasteiger partial charge is 0.244 e. The van der Waals surface area contributed by atoms with Crippen molar-refractivity contribution in [3.05, 3.63) is 41.3 Å². The second kappa shape index (κ2) is 7.12. The maximum atomic E-state index is 12.3. The largest absolute Gasteiger partial charge is 0.486 e. The maximum absolute atomic E-state index is 12.3. The fraction of sp³-hybridized carbons (Fsp3) is 0.294. The Hall–Kier alpha value is -2.94. The van der Waals surface area contributed by atoms with E-state index in [-0.39, 0.29) is 18.5 Å². The van der Waals surface area contributed by atoms with Gasteiger partial charge in [-0.2, -0.15) is 4.80 Å². The van der Waals surface area contributed by atoms with Crippen molar-refractivity contribution in [2.24, 2.45) is 0 Å². The fourth-order valence-corrected chi connectivity index (χ4v) is 3.29. The van der Waals surface area contributed by atoms with Gasteiger partial charge in [0.15, 0.2) is 11.5 Å². The van der Waals surface area contributed by atoms with Gasteiger partial charge in [-0.1, -0.05) is 12.1 Å². The van der Waals surface area contributed by atoms with Gasteiger partial charge in [0, 0.05) is 0 Å². The molecule has 3 aromatic rings. The SMILES string of the molecule is C[C@H](NC(=O)Cn1nnc(-c2cccs2)n1)c1ccc2c(c1)OCCO2. The summed E-state index contributed by atoms with van der Waals surface area (Å²) >= 11 is 1.53. The summed E-state index contributed by atoms with van der Waals surface area (Å²) in [5, 5.41) is 17.0. The molecule has 0 unspecified atom stereocenters. The van der Waals surface area contributed by atoms with Crippen molar-refractivity contribution in [3.8, 4) is 22.2 Å². The Morgan fingerprint density at radius 2 is 2.15 bits per heavy atom. The van der Waals surface area contributed by atoms with Crippen LogP contribution in [0.15, 0.2) is 35.7 Å². The van der Waals surface area contributed by atoms with Gasteiger partial charge in [0.25, 0.3) is 0 Å². The van der Waals surface area contributed by atoms with Crippen molar-refractivity contribution in [3.63, 3.8) is 0 Å². The zero-order valence-electron chi connectivity index (χ0n) is 14.1. The van der Waals surface area contributed by atoms with Crippen LogP contribution in [0.4, 0.5) is 0 Å². The van der Waals surface area contributed by atoms with Gasteiger partial charge >= 0.3 is 0 Å². The molecular weight excluding hydrogens is 354 g/mol. The number of carbonyl (C=O) groups is 1. The highest BCUT2D eigenvalue weighted by Crippen LogP contribution is 2.32. The van der Waals surface area contributed by atoms with Crippen LogP contribution in [0.2, 0.25) is 0 Å². The summed E-state index contributed by atoms with van der Waals surface area (Å²) in [4.78, 5) is 14.5. The number of fused-ring (bicyclic) bond motifs is 1.